The van der Waals surface area contributed by atoms with Gasteiger partial charge in [0.15, 0.2) is 0 Å². The average molecular weight is 429 g/mol. The maximum Gasteiger partial charge on any atom is 0.260 e. The van der Waals surface area contributed by atoms with Crippen LogP contribution in [0.15, 0.2) is 36.5 Å². The van der Waals surface area contributed by atoms with Crippen LogP contribution in [-0.4, -0.2) is 33.8 Å². The van der Waals surface area contributed by atoms with E-state index in [9.17, 15) is 14.0 Å². The van der Waals surface area contributed by atoms with Crippen molar-refractivity contribution in [2.75, 3.05) is 17.7 Å². The summed E-state index contributed by atoms with van der Waals surface area (Å²) in [6.07, 6.45) is 1.29. The highest BCUT2D eigenvalue weighted by atomic mass is 35.5. The molecule has 3 rings (SSSR count). The molecule has 0 bridgehead atoms. The summed E-state index contributed by atoms with van der Waals surface area (Å²) in [7, 11) is 1.44. The molecule has 1 aromatic carbocycles. The number of aromatic nitrogens is 3. The van der Waals surface area contributed by atoms with Crippen molar-refractivity contribution in [3.8, 4) is 0 Å². The second-order valence-corrected chi connectivity index (χ2v) is 6.72. The predicted octanol–water partition coefficient (Wildman–Crippen LogP) is 3.64. The Hall–Kier alpha value is -3.59. The van der Waals surface area contributed by atoms with E-state index in [-0.39, 0.29) is 21.8 Å². The van der Waals surface area contributed by atoms with Crippen molar-refractivity contribution in [3.63, 3.8) is 0 Å². The van der Waals surface area contributed by atoms with Gasteiger partial charge in [-0.1, -0.05) is 17.7 Å². The van der Waals surface area contributed by atoms with Gasteiger partial charge in [0.25, 0.3) is 11.8 Å². The van der Waals surface area contributed by atoms with Crippen LogP contribution in [0.1, 0.15) is 32.2 Å². The number of hydrogen-bond donors (Lipinski definition) is 3. The number of amides is 2. The maximum absolute atomic E-state index is 14.1. The maximum atomic E-state index is 14.1. The lowest BCUT2D eigenvalue weighted by molar-refractivity contribution is 0.0963. The Labute approximate surface area is 176 Å². The van der Waals surface area contributed by atoms with E-state index in [0.717, 1.165) is 11.8 Å². The zero-order chi connectivity index (χ0) is 21.8. The second-order valence-electron chi connectivity index (χ2n) is 6.31. The van der Waals surface area contributed by atoms with Crippen molar-refractivity contribution in [2.24, 2.45) is 0 Å². The molecule has 8 nitrogen and oxygen atoms in total. The monoisotopic (exact) mass is 428 g/mol. The number of carbonyl (C=O) groups excluding carboxylic acids is 2. The van der Waals surface area contributed by atoms with E-state index in [4.69, 9.17) is 11.6 Å². The number of rotatable bonds is 5. The van der Waals surface area contributed by atoms with Crippen LogP contribution in [0.4, 0.5) is 21.7 Å². The standard InChI is InChI=1S/C20H18ClFN6O2/c1-10-7-17(26-11(2)25-10)28-16-8-15(12(9-24-16)19(29)23-3)27-20(30)18-13(21)5-4-6-14(18)22/h4-9H,1-3H3,(H,23,29)(H2,24,25,26,27,28,30). The van der Waals surface area contributed by atoms with Gasteiger partial charge < -0.3 is 16.0 Å². The first-order chi connectivity index (χ1) is 14.3. The third-order valence-electron chi connectivity index (χ3n) is 4.04. The smallest absolute Gasteiger partial charge is 0.260 e. The average Bonchev–Trinajstić information content (AvgIpc) is 2.66. The Balaban J connectivity index is 1.97. The van der Waals surface area contributed by atoms with E-state index in [1.165, 1.54) is 31.4 Å². The summed E-state index contributed by atoms with van der Waals surface area (Å²) in [5.41, 5.74) is 0.655. The van der Waals surface area contributed by atoms with Crippen LogP contribution in [0.5, 0.6) is 0 Å². The Morgan fingerprint density at radius 3 is 2.50 bits per heavy atom. The SMILES string of the molecule is CNC(=O)c1cnc(Nc2cc(C)nc(C)n2)cc1NC(=O)c1c(F)cccc1Cl. The molecule has 0 atom stereocenters. The van der Waals surface area contributed by atoms with E-state index in [1.54, 1.807) is 13.0 Å². The molecular formula is C20H18ClFN6O2. The molecule has 0 saturated heterocycles. The third kappa shape index (κ3) is 4.69. The number of halogens is 2. The van der Waals surface area contributed by atoms with Crippen LogP contribution >= 0.6 is 11.6 Å². The molecule has 0 spiro atoms. The Bertz CT molecular complexity index is 1100. The zero-order valence-corrected chi connectivity index (χ0v) is 17.1. The van der Waals surface area contributed by atoms with Crippen LogP contribution in [-0.2, 0) is 0 Å². The summed E-state index contributed by atoms with van der Waals surface area (Å²) in [5.74, 6) is -0.667. The fourth-order valence-corrected chi connectivity index (χ4v) is 3.00. The fourth-order valence-electron chi connectivity index (χ4n) is 2.75. The number of nitrogens with one attached hydrogen (secondary N) is 3. The molecule has 0 fully saturated rings. The van der Waals surface area contributed by atoms with Gasteiger partial charge in [-0.3, -0.25) is 9.59 Å². The van der Waals surface area contributed by atoms with Gasteiger partial charge in [-0.15, -0.1) is 0 Å². The molecular weight excluding hydrogens is 411 g/mol. The molecule has 30 heavy (non-hydrogen) atoms. The lowest BCUT2D eigenvalue weighted by Crippen LogP contribution is -2.22. The van der Waals surface area contributed by atoms with Crippen molar-refractivity contribution in [1.29, 1.82) is 0 Å². The molecule has 0 aliphatic heterocycles. The van der Waals surface area contributed by atoms with Crippen LogP contribution in [0, 0.1) is 19.7 Å². The first-order valence-corrected chi connectivity index (χ1v) is 9.23. The highest BCUT2D eigenvalue weighted by molar-refractivity contribution is 6.34. The van der Waals surface area contributed by atoms with Gasteiger partial charge in [0.05, 0.1) is 21.8 Å². The van der Waals surface area contributed by atoms with E-state index in [1.807, 2.05) is 6.92 Å². The van der Waals surface area contributed by atoms with Gasteiger partial charge in [0.1, 0.15) is 23.3 Å². The minimum absolute atomic E-state index is 0.0478. The third-order valence-corrected chi connectivity index (χ3v) is 4.35. The minimum atomic E-state index is -0.797. The van der Waals surface area contributed by atoms with E-state index >= 15 is 0 Å². The number of anilines is 3. The predicted molar refractivity (Wildman–Crippen MR) is 112 cm³/mol. The van der Waals surface area contributed by atoms with Crippen LogP contribution in [0.3, 0.4) is 0 Å². The molecule has 0 aliphatic rings. The van der Waals surface area contributed by atoms with Gasteiger partial charge >= 0.3 is 0 Å². The topological polar surface area (TPSA) is 109 Å². The number of aryl methyl sites for hydroxylation is 2. The van der Waals surface area contributed by atoms with Gasteiger partial charge in [-0.2, -0.15) is 0 Å². The molecule has 2 aromatic heterocycles. The molecule has 2 heterocycles. The van der Waals surface area contributed by atoms with Gasteiger partial charge in [0.2, 0.25) is 0 Å². The first-order valence-electron chi connectivity index (χ1n) is 8.85. The highest BCUT2D eigenvalue weighted by Gasteiger charge is 2.20. The van der Waals surface area contributed by atoms with E-state index < -0.39 is 17.6 Å². The molecule has 0 unspecified atom stereocenters. The van der Waals surface area contributed by atoms with E-state index in [2.05, 4.69) is 30.9 Å². The van der Waals surface area contributed by atoms with Crippen molar-refractivity contribution in [2.45, 2.75) is 13.8 Å². The van der Waals surface area contributed by atoms with Crippen LogP contribution in [0.2, 0.25) is 5.02 Å². The Morgan fingerprint density at radius 1 is 1.07 bits per heavy atom. The molecule has 0 aliphatic carbocycles. The minimum Gasteiger partial charge on any atom is -0.355 e. The number of hydrogen-bond acceptors (Lipinski definition) is 6. The normalized spacial score (nSPS) is 10.4. The Kier molecular flexibility index (Phi) is 6.22. The van der Waals surface area contributed by atoms with Crippen LogP contribution < -0.4 is 16.0 Å². The van der Waals surface area contributed by atoms with Crippen molar-refractivity contribution in [3.05, 3.63) is 70.0 Å². The molecule has 3 aromatic rings. The number of benzene rings is 1. The number of pyridine rings is 1. The van der Waals surface area contributed by atoms with E-state index in [0.29, 0.717) is 17.5 Å². The summed E-state index contributed by atoms with van der Waals surface area (Å²) >= 11 is 5.97. The van der Waals surface area contributed by atoms with Gasteiger partial charge in [-0.25, -0.2) is 19.3 Å². The molecule has 2 amide bonds. The number of carbonyl (C=O) groups is 2. The summed E-state index contributed by atoms with van der Waals surface area (Å²) in [4.78, 5) is 37.5. The summed E-state index contributed by atoms with van der Waals surface area (Å²) in [6.45, 7) is 3.58. The second kappa shape index (κ2) is 8.83. The van der Waals surface area contributed by atoms with Crippen molar-refractivity contribution in [1.82, 2.24) is 20.3 Å². The van der Waals surface area contributed by atoms with Gasteiger partial charge in [0, 0.05) is 31.1 Å². The summed E-state index contributed by atoms with van der Waals surface area (Å²) in [5, 5.41) is 7.96. The fraction of sp³-hybridized carbons (Fsp3) is 0.150. The summed E-state index contributed by atoms with van der Waals surface area (Å²) < 4.78 is 14.1. The van der Waals surface area contributed by atoms with Crippen molar-refractivity contribution < 1.29 is 14.0 Å². The van der Waals surface area contributed by atoms with Crippen LogP contribution in [0.25, 0.3) is 0 Å². The first kappa shape index (κ1) is 21.1. The molecule has 0 saturated carbocycles. The van der Waals surface area contributed by atoms with Crippen molar-refractivity contribution >= 4 is 40.7 Å². The molecule has 10 heteroatoms. The quantitative estimate of drug-likeness (QED) is 0.572. The number of nitrogens with zero attached hydrogens (tertiary/aromatic N) is 3. The largest absolute Gasteiger partial charge is 0.355 e. The highest BCUT2D eigenvalue weighted by Crippen LogP contribution is 2.25. The van der Waals surface area contributed by atoms with Gasteiger partial charge in [-0.05, 0) is 26.0 Å². The molecule has 0 radical (unpaired) electrons. The lowest BCUT2D eigenvalue weighted by atomic mass is 10.1. The zero-order valence-electron chi connectivity index (χ0n) is 16.4. The lowest BCUT2D eigenvalue weighted by Gasteiger charge is -2.13. The molecule has 154 valence electrons. The molecule has 3 N–H and O–H groups in total. The Morgan fingerprint density at radius 2 is 1.83 bits per heavy atom. The summed E-state index contributed by atoms with van der Waals surface area (Å²) in [6, 6.07) is 7.09.